The summed E-state index contributed by atoms with van der Waals surface area (Å²) >= 11 is 0. The lowest BCUT2D eigenvalue weighted by Crippen LogP contribution is -1.85. The number of phenolic OH excluding ortho intramolecular Hbond substituents is 2. The van der Waals surface area contributed by atoms with E-state index in [4.69, 9.17) is 4.74 Å². The molecule has 5 nitrogen and oxygen atoms in total. The Kier molecular flexibility index (Phi) is 5.29. The molecule has 0 radical (unpaired) electrons. The number of aliphatic imine (C=N–C) groups is 2. The van der Waals surface area contributed by atoms with Crippen LogP contribution in [0, 0.1) is 0 Å². The fourth-order valence-corrected chi connectivity index (χ4v) is 2.31. The van der Waals surface area contributed by atoms with Crippen molar-refractivity contribution in [2.75, 3.05) is 7.11 Å². The van der Waals surface area contributed by atoms with Crippen LogP contribution in [0.25, 0.3) is 0 Å². The predicted molar refractivity (Wildman–Crippen MR) is 104 cm³/mol. The van der Waals surface area contributed by atoms with E-state index in [-0.39, 0.29) is 11.5 Å². The zero-order valence-corrected chi connectivity index (χ0v) is 14.2. The number of ether oxygens (including phenoxy) is 1. The summed E-state index contributed by atoms with van der Waals surface area (Å²) in [7, 11) is 1.58. The van der Waals surface area contributed by atoms with Crippen molar-refractivity contribution in [2.45, 2.75) is 0 Å². The third-order valence-corrected chi connectivity index (χ3v) is 3.74. The molecule has 0 saturated carbocycles. The van der Waals surface area contributed by atoms with Gasteiger partial charge in [0.2, 0.25) is 0 Å². The number of phenols is 2. The number of para-hydroxylation sites is 2. The largest absolute Gasteiger partial charge is 0.507 e. The second-order valence-corrected chi connectivity index (χ2v) is 5.49. The highest BCUT2D eigenvalue weighted by atomic mass is 16.5. The third-order valence-electron chi connectivity index (χ3n) is 3.74. The highest BCUT2D eigenvalue weighted by Gasteiger charge is 2.04. The van der Waals surface area contributed by atoms with Gasteiger partial charge in [-0.05, 0) is 36.4 Å². The molecule has 0 aromatic heterocycles. The van der Waals surface area contributed by atoms with Crippen molar-refractivity contribution >= 4 is 23.8 Å². The van der Waals surface area contributed by atoms with Gasteiger partial charge in [0.25, 0.3) is 0 Å². The van der Waals surface area contributed by atoms with E-state index in [1.165, 1.54) is 0 Å². The number of methoxy groups -OCH3 is 1. The first-order chi connectivity index (χ1) is 12.7. The Balaban J connectivity index is 1.96. The average molecular weight is 346 g/mol. The number of nitrogens with zero attached hydrogens (tertiary/aromatic N) is 2. The minimum absolute atomic E-state index is 0.151. The maximum Gasteiger partial charge on any atom is 0.124 e. The molecule has 0 unspecified atom stereocenters. The summed E-state index contributed by atoms with van der Waals surface area (Å²) in [6.45, 7) is 0. The van der Waals surface area contributed by atoms with Crippen LogP contribution in [-0.4, -0.2) is 29.8 Å². The molecule has 0 heterocycles. The normalized spacial score (nSPS) is 11.3. The van der Waals surface area contributed by atoms with Gasteiger partial charge in [-0.2, -0.15) is 0 Å². The molecule has 26 heavy (non-hydrogen) atoms. The molecule has 3 aromatic carbocycles. The number of rotatable bonds is 5. The van der Waals surface area contributed by atoms with Crippen molar-refractivity contribution in [3.05, 3.63) is 77.9 Å². The monoisotopic (exact) mass is 346 g/mol. The zero-order chi connectivity index (χ0) is 18.4. The number of benzene rings is 3. The molecule has 0 saturated heterocycles. The van der Waals surface area contributed by atoms with E-state index in [0.29, 0.717) is 28.3 Å². The standard InChI is InChI=1S/C21H18N2O3/c1-26-17-10-11-18(22-13-15-6-2-4-8-20(15)24)19(12-17)23-14-16-7-3-5-9-21(16)25/h2-14,24-25H,1H3. The molecule has 3 aromatic rings. The molecule has 2 N–H and O–H groups in total. The van der Waals surface area contributed by atoms with Gasteiger partial charge in [0.05, 0.1) is 18.5 Å². The van der Waals surface area contributed by atoms with Crippen molar-refractivity contribution < 1.29 is 14.9 Å². The predicted octanol–water partition coefficient (Wildman–Crippen LogP) is 4.61. The molecule has 0 aliphatic heterocycles. The Morgan fingerprint density at radius 3 is 1.81 bits per heavy atom. The van der Waals surface area contributed by atoms with Crippen LogP contribution in [0.2, 0.25) is 0 Å². The van der Waals surface area contributed by atoms with Gasteiger partial charge in [0.15, 0.2) is 0 Å². The molecule has 0 fully saturated rings. The Morgan fingerprint density at radius 2 is 1.27 bits per heavy atom. The van der Waals surface area contributed by atoms with Crippen LogP contribution < -0.4 is 4.74 Å². The molecule has 0 spiro atoms. The molecule has 0 bridgehead atoms. The van der Waals surface area contributed by atoms with Crippen molar-refractivity contribution in [3.63, 3.8) is 0 Å². The first kappa shape index (κ1) is 17.2. The molecule has 5 heteroatoms. The lowest BCUT2D eigenvalue weighted by molar-refractivity contribution is 0.415. The van der Waals surface area contributed by atoms with E-state index < -0.39 is 0 Å². The van der Waals surface area contributed by atoms with Gasteiger partial charge in [-0.15, -0.1) is 0 Å². The van der Waals surface area contributed by atoms with E-state index in [2.05, 4.69) is 9.98 Å². The minimum atomic E-state index is 0.151. The minimum Gasteiger partial charge on any atom is -0.507 e. The number of hydrogen-bond donors (Lipinski definition) is 2. The molecule has 130 valence electrons. The molecule has 0 aliphatic carbocycles. The second-order valence-electron chi connectivity index (χ2n) is 5.49. The highest BCUT2D eigenvalue weighted by Crippen LogP contribution is 2.32. The van der Waals surface area contributed by atoms with E-state index in [1.54, 1.807) is 74.1 Å². The first-order valence-corrected chi connectivity index (χ1v) is 7.99. The van der Waals surface area contributed by atoms with Crippen LogP contribution in [0.3, 0.4) is 0 Å². The van der Waals surface area contributed by atoms with Crippen LogP contribution in [0.4, 0.5) is 11.4 Å². The lowest BCUT2D eigenvalue weighted by atomic mass is 10.2. The summed E-state index contributed by atoms with van der Waals surface area (Å²) in [4.78, 5) is 8.87. The zero-order valence-electron chi connectivity index (χ0n) is 14.2. The fourth-order valence-electron chi connectivity index (χ4n) is 2.31. The van der Waals surface area contributed by atoms with Gasteiger partial charge < -0.3 is 14.9 Å². The summed E-state index contributed by atoms with van der Waals surface area (Å²) in [6, 6.07) is 19.2. The maximum absolute atomic E-state index is 9.87. The molecule has 3 rings (SSSR count). The number of hydrogen-bond acceptors (Lipinski definition) is 5. The Bertz CT molecular complexity index is 965. The van der Waals surface area contributed by atoms with Crippen LogP contribution in [0.15, 0.2) is 76.7 Å². The third kappa shape index (κ3) is 4.08. The van der Waals surface area contributed by atoms with E-state index in [0.717, 1.165) is 0 Å². The van der Waals surface area contributed by atoms with Crippen LogP contribution in [0.5, 0.6) is 17.2 Å². The van der Waals surface area contributed by atoms with Gasteiger partial charge in [0, 0.05) is 29.6 Å². The maximum atomic E-state index is 9.87. The van der Waals surface area contributed by atoms with Gasteiger partial charge >= 0.3 is 0 Å². The number of aromatic hydroxyl groups is 2. The first-order valence-electron chi connectivity index (χ1n) is 7.99. The van der Waals surface area contributed by atoms with Gasteiger partial charge in [-0.3, -0.25) is 9.98 Å². The van der Waals surface area contributed by atoms with Crippen LogP contribution >= 0.6 is 0 Å². The van der Waals surface area contributed by atoms with E-state index in [9.17, 15) is 10.2 Å². The van der Waals surface area contributed by atoms with Gasteiger partial charge in [-0.1, -0.05) is 24.3 Å². The van der Waals surface area contributed by atoms with Gasteiger partial charge in [0.1, 0.15) is 17.2 Å². The van der Waals surface area contributed by atoms with Crippen molar-refractivity contribution in [2.24, 2.45) is 9.98 Å². The SMILES string of the molecule is COc1ccc(N=Cc2ccccc2O)c(N=Cc2ccccc2O)c1. The fraction of sp³-hybridized carbons (Fsp3) is 0.0476. The quantitative estimate of drug-likeness (QED) is 0.663. The summed E-state index contributed by atoms with van der Waals surface area (Å²) < 4.78 is 5.25. The van der Waals surface area contributed by atoms with Gasteiger partial charge in [-0.25, -0.2) is 0 Å². The van der Waals surface area contributed by atoms with Crippen molar-refractivity contribution in [1.82, 2.24) is 0 Å². The molecule has 0 amide bonds. The topological polar surface area (TPSA) is 74.4 Å². The Labute approximate surface area is 151 Å². The lowest BCUT2D eigenvalue weighted by Gasteiger charge is -2.05. The molecular weight excluding hydrogens is 328 g/mol. The van der Waals surface area contributed by atoms with Crippen molar-refractivity contribution in [1.29, 1.82) is 0 Å². The van der Waals surface area contributed by atoms with Crippen LogP contribution in [0.1, 0.15) is 11.1 Å². The highest BCUT2D eigenvalue weighted by molar-refractivity contribution is 5.89. The Hall–Kier alpha value is -3.60. The van der Waals surface area contributed by atoms with E-state index >= 15 is 0 Å². The molecule has 0 atom stereocenters. The summed E-state index contributed by atoms with van der Waals surface area (Å²) in [5.41, 5.74) is 2.41. The summed E-state index contributed by atoms with van der Waals surface area (Å²) in [5, 5.41) is 19.7. The van der Waals surface area contributed by atoms with Crippen molar-refractivity contribution in [3.8, 4) is 17.2 Å². The molecule has 0 aliphatic rings. The Morgan fingerprint density at radius 1 is 0.731 bits per heavy atom. The van der Waals surface area contributed by atoms with E-state index in [1.807, 2.05) is 12.1 Å². The smallest absolute Gasteiger partial charge is 0.124 e. The van der Waals surface area contributed by atoms with Crippen LogP contribution in [-0.2, 0) is 0 Å². The average Bonchev–Trinajstić information content (AvgIpc) is 2.67. The summed E-state index contributed by atoms with van der Waals surface area (Å²) in [5.74, 6) is 0.957. The second kappa shape index (κ2) is 7.98. The summed E-state index contributed by atoms with van der Waals surface area (Å²) in [6.07, 6.45) is 3.15. The molecular formula is C21H18N2O3.